The Morgan fingerprint density at radius 1 is 1.33 bits per heavy atom. The van der Waals surface area contributed by atoms with Crippen molar-refractivity contribution < 1.29 is 9.47 Å². The van der Waals surface area contributed by atoms with E-state index < -0.39 is 0 Å². The molecule has 0 N–H and O–H groups in total. The first-order chi connectivity index (χ1) is 8.78. The van der Waals surface area contributed by atoms with Gasteiger partial charge in [-0.1, -0.05) is 15.9 Å². The molecular weight excluding hydrogens is 294 g/mol. The number of benzene rings is 1. The van der Waals surface area contributed by atoms with Crippen LogP contribution in [0.2, 0.25) is 0 Å². The molecule has 1 fully saturated rings. The number of likely N-dealkylation sites (tertiary alicyclic amines) is 1. The Kier molecular flexibility index (Phi) is 5.47. The lowest BCUT2D eigenvalue weighted by atomic mass is 10.1. The second-order valence-electron chi connectivity index (χ2n) is 4.60. The molecule has 1 heterocycles. The van der Waals surface area contributed by atoms with E-state index in [0.717, 1.165) is 36.5 Å². The van der Waals surface area contributed by atoms with Crippen LogP contribution in [0.25, 0.3) is 0 Å². The first kappa shape index (κ1) is 13.8. The van der Waals surface area contributed by atoms with Crippen LogP contribution in [0.3, 0.4) is 0 Å². The van der Waals surface area contributed by atoms with E-state index in [-0.39, 0.29) is 0 Å². The molecule has 1 aromatic carbocycles. The van der Waals surface area contributed by atoms with Crippen molar-refractivity contribution in [1.29, 1.82) is 0 Å². The smallest absolute Gasteiger partial charge is 0.119 e. The number of methoxy groups -OCH3 is 1. The Morgan fingerprint density at radius 2 is 2.11 bits per heavy atom. The number of rotatable bonds is 5. The summed E-state index contributed by atoms with van der Waals surface area (Å²) >= 11 is 3.41. The molecule has 0 bridgehead atoms. The summed E-state index contributed by atoms with van der Waals surface area (Å²) in [6, 6.07) is 7.96. The first-order valence-corrected chi connectivity index (χ1v) is 7.21. The molecule has 1 aliphatic rings. The molecule has 1 aromatic rings. The maximum absolute atomic E-state index is 5.73. The quantitative estimate of drug-likeness (QED) is 0.834. The van der Waals surface area contributed by atoms with Crippen LogP contribution in [0.15, 0.2) is 28.7 Å². The highest BCUT2D eigenvalue weighted by Gasteiger charge is 2.18. The van der Waals surface area contributed by atoms with Gasteiger partial charge in [0.2, 0.25) is 0 Å². The van der Waals surface area contributed by atoms with E-state index in [1.807, 2.05) is 24.3 Å². The second kappa shape index (κ2) is 7.12. The van der Waals surface area contributed by atoms with Gasteiger partial charge in [0.25, 0.3) is 0 Å². The van der Waals surface area contributed by atoms with Crippen molar-refractivity contribution in [3.8, 4) is 5.75 Å². The Balaban J connectivity index is 1.70. The third-order valence-corrected chi connectivity index (χ3v) is 3.81. The standard InChI is InChI=1S/C14H20BrNO2/c1-17-14-3-2-8-16(11-14)9-10-18-13-6-4-12(15)5-7-13/h4-7,14H,2-3,8-11H2,1H3. The minimum atomic E-state index is 0.395. The molecule has 1 atom stereocenters. The Labute approximate surface area is 117 Å². The van der Waals surface area contributed by atoms with Gasteiger partial charge < -0.3 is 9.47 Å². The molecule has 1 unspecified atom stereocenters. The Hall–Kier alpha value is -0.580. The lowest BCUT2D eigenvalue weighted by Gasteiger charge is -2.31. The van der Waals surface area contributed by atoms with E-state index in [1.165, 1.54) is 12.8 Å². The highest BCUT2D eigenvalue weighted by Crippen LogP contribution is 2.16. The normalized spacial score (nSPS) is 20.9. The van der Waals surface area contributed by atoms with E-state index in [1.54, 1.807) is 7.11 Å². The molecule has 100 valence electrons. The van der Waals surface area contributed by atoms with Crippen LogP contribution in [0.5, 0.6) is 5.75 Å². The van der Waals surface area contributed by atoms with Crippen LogP contribution in [0.4, 0.5) is 0 Å². The molecule has 18 heavy (non-hydrogen) atoms. The summed E-state index contributed by atoms with van der Waals surface area (Å²) in [5.41, 5.74) is 0. The van der Waals surface area contributed by atoms with Crippen molar-refractivity contribution in [1.82, 2.24) is 4.90 Å². The van der Waals surface area contributed by atoms with Gasteiger partial charge in [-0.15, -0.1) is 0 Å². The summed E-state index contributed by atoms with van der Waals surface area (Å²) in [5.74, 6) is 0.929. The van der Waals surface area contributed by atoms with E-state index in [0.29, 0.717) is 6.10 Å². The summed E-state index contributed by atoms with van der Waals surface area (Å²) in [6.07, 6.45) is 2.80. The predicted octanol–water partition coefficient (Wildman–Crippen LogP) is 2.94. The van der Waals surface area contributed by atoms with Gasteiger partial charge in [-0.05, 0) is 43.7 Å². The van der Waals surface area contributed by atoms with Crippen molar-refractivity contribution in [3.05, 3.63) is 28.7 Å². The third-order valence-electron chi connectivity index (χ3n) is 3.29. The van der Waals surface area contributed by atoms with Crippen LogP contribution < -0.4 is 4.74 Å². The predicted molar refractivity (Wildman–Crippen MR) is 76.1 cm³/mol. The molecule has 0 spiro atoms. The van der Waals surface area contributed by atoms with Crippen molar-refractivity contribution in [2.45, 2.75) is 18.9 Å². The number of hydrogen-bond donors (Lipinski definition) is 0. The lowest BCUT2D eigenvalue weighted by Crippen LogP contribution is -2.41. The number of nitrogens with zero attached hydrogens (tertiary/aromatic N) is 1. The molecule has 4 heteroatoms. The van der Waals surface area contributed by atoms with E-state index in [2.05, 4.69) is 20.8 Å². The minimum absolute atomic E-state index is 0.395. The number of halogens is 1. The van der Waals surface area contributed by atoms with Gasteiger partial charge in [-0.3, -0.25) is 4.90 Å². The summed E-state index contributed by atoms with van der Waals surface area (Å²) in [6.45, 7) is 3.89. The number of piperidine rings is 1. The molecule has 0 radical (unpaired) electrons. The number of hydrogen-bond acceptors (Lipinski definition) is 3. The summed E-state index contributed by atoms with van der Waals surface area (Å²) in [4.78, 5) is 2.41. The van der Waals surface area contributed by atoms with Gasteiger partial charge >= 0.3 is 0 Å². The maximum Gasteiger partial charge on any atom is 0.119 e. The summed E-state index contributed by atoms with van der Waals surface area (Å²) < 4.78 is 12.2. The van der Waals surface area contributed by atoms with Crippen LogP contribution in [-0.4, -0.2) is 44.4 Å². The summed E-state index contributed by atoms with van der Waals surface area (Å²) in [7, 11) is 1.80. The molecule has 0 aromatic heterocycles. The van der Waals surface area contributed by atoms with Crippen LogP contribution in [-0.2, 0) is 4.74 Å². The van der Waals surface area contributed by atoms with Gasteiger partial charge in [0.1, 0.15) is 12.4 Å². The summed E-state index contributed by atoms with van der Waals surface area (Å²) in [5, 5.41) is 0. The van der Waals surface area contributed by atoms with Crippen molar-refractivity contribution in [2.75, 3.05) is 33.4 Å². The third kappa shape index (κ3) is 4.26. The monoisotopic (exact) mass is 313 g/mol. The first-order valence-electron chi connectivity index (χ1n) is 6.41. The molecule has 0 aliphatic carbocycles. The lowest BCUT2D eigenvalue weighted by molar-refractivity contribution is 0.0272. The second-order valence-corrected chi connectivity index (χ2v) is 5.52. The zero-order chi connectivity index (χ0) is 12.8. The molecule has 0 saturated carbocycles. The van der Waals surface area contributed by atoms with Gasteiger partial charge in [0, 0.05) is 24.7 Å². The average Bonchev–Trinajstić information content (AvgIpc) is 2.41. The molecule has 0 amide bonds. The van der Waals surface area contributed by atoms with Crippen LogP contribution >= 0.6 is 15.9 Å². The Morgan fingerprint density at radius 3 is 2.83 bits per heavy atom. The zero-order valence-electron chi connectivity index (χ0n) is 10.8. The molecule has 1 saturated heterocycles. The van der Waals surface area contributed by atoms with Crippen LogP contribution in [0.1, 0.15) is 12.8 Å². The van der Waals surface area contributed by atoms with Crippen molar-refractivity contribution in [2.24, 2.45) is 0 Å². The van der Waals surface area contributed by atoms with Crippen LogP contribution in [0, 0.1) is 0 Å². The zero-order valence-corrected chi connectivity index (χ0v) is 12.4. The van der Waals surface area contributed by atoms with Gasteiger partial charge in [-0.2, -0.15) is 0 Å². The van der Waals surface area contributed by atoms with Gasteiger partial charge in [0.05, 0.1) is 6.10 Å². The van der Waals surface area contributed by atoms with E-state index >= 15 is 0 Å². The number of ether oxygens (including phenoxy) is 2. The Bertz CT molecular complexity index is 355. The maximum atomic E-state index is 5.73. The fraction of sp³-hybridized carbons (Fsp3) is 0.571. The average molecular weight is 314 g/mol. The highest BCUT2D eigenvalue weighted by molar-refractivity contribution is 9.10. The largest absolute Gasteiger partial charge is 0.492 e. The van der Waals surface area contributed by atoms with Gasteiger partial charge in [0.15, 0.2) is 0 Å². The fourth-order valence-electron chi connectivity index (χ4n) is 2.23. The van der Waals surface area contributed by atoms with Crippen molar-refractivity contribution in [3.63, 3.8) is 0 Å². The van der Waals surface area contributed by atoms with E-state index in [9.17, 15) is 0 Å². The fourth-order valence-corrected chi connectivity index (χ4v) is 2.50. The SMILES string of the molecule is COC1CCCN(CCOc2ccc(Br)cc2)C1. The van der Waals surface area contributed by atoms with Crippen molar-refractivity contribution >= 4 is 15.9 Å². The molecule has 1 aliphatic heterocycles. The minimum Gasteiger partial charge on any atom is -0.492 e. The molecular formula is C14H20BrNO2. The molecule has 2 rings (SSSR count). The highest BCUT2D eigenvalue weighted by atomic mass is 79.9. The van der Waals surface area contributed by atoms with E-state index in [4.69, 9.17) is 9.47 Å². The topological polar surface area (TPSA) is 21.7 Å². The van der Waals surface area contributed by atoms with Gasteiger partial charge in [-0.25, -0.2) is 0 Å². The molecule has 3 nitrogen and oxygen atoms in total.